The molecular weight excluding hydrogens is 376 g/mol. The summed E-state index contributed by atoms with van der Waals surface area (Å²) in [7, 11) is 0. The van der Waals surface area contributed by atoms with Gasteiger partial charge in [-0.3, -0.25) is 14.9 Å². The van der Waals surface area contributed by atoms with Crippen molar-refractivity contribution in [2.45, 2.75) is 19.8 Å². The van der Waals surface area contributed by atoms with E-state index in [-0.39, 0.29) is 11.4 Å². The van der Waals surface area contributed by atoms with Gasteiger partial charge < -0.3 is 0 Å². The highest BCUT2D eigenvalue weighted by Gasteiger charge is 2.13. The summed E-state index contributed by atoms with van der Waals surface area (Å²) in [4.78, 5) is 17.1. The van der Waals surface area contributed by atoms with E-state index in [1.165, 1.54) is 23.0 Å². The molecule has 0 amide bonds. The number of hydrogen-bond acceptors (Lipinski definition) is 2. The first-order chi connectivity index (χ1) is 12.5. The van der Waals surface area contributed by atoms with Crippen LogP contribution in [0.5, 0.6) is 0 Å². The van der Waals surface area contributed by atoms with E-state index in [0.717, 1.165) is 12.1 Å². The lowest BCUT2D eigenvalue weighted by atomic mass is 10.2. The first-order valence-corrected chi connectivity index (χ1v) is 8.84. The Hall–Kier alpha value is -2.37. The average Bonchev–Trinajstić information content (AvgIpc) is 2.93. The summed E-state index contributed by atoms with van der Waals surface area (Å²) in [5.41, 5.74) is 2.13. The fraction of sp³-hybridized carbons (Fsp3) is 0.158. The van der Waals surface area contributed by atoms with E-state index in [1.54, 1.807) is 30.3 Å². The molecule has 0 fully saturated rings. The van der Waals surface area contributed by atoms with Crippen LogP contribution in [0, 0.1) is 5.82 Å². The number of nitrogens with one attached hydrogen (secondary N) is 1. The predicted octanol–water partition coefficient (Wildman–Crippen LogP) is 5.31. The minimum atomic E-state index is -0.358. The molecule has 1 aromatic heterocycles. The Bertz CT molecular complexity index is 1010. The molecule has 26 heavy (non-hydrogen) atoms. The second-order valence-electron chi connectivity index (χ2n) is 5.73. The zero-order chi connectivity index (χ0) is 18.7. The van der Waals surface area contributed by atoms with Crippen LogP contribution in [0.15, 0.2) is 52.3 Å². The van der Waals surface area contributed by atoms with Crippen molar-refractivity contribution < 1.29 is 4.39 Å². The molecule has 0 aliphatic carbocycles. The van der Waals surface area contributed by atoms with E-state index in [0.29, 0.717) is 33.4 Å². The van der Waals surface area contributed by atoms with Gasteiger partial charge in [-0.15, -0.1) is 0 Å². The summed E-state index contributed by atoms with van der Waals surface area (Å²) in [6.45, 7) is 2.02. The van der Waals surface area contributed by atoms with Crippen LogP contribution in [0.1, 0.15) is 24.6 Å². The van der Waals surface area contributed by atoms with Gasteiger partial charge >= 0.3 is 0 Å². The average molecular weight is 392 g/mol. The quantitative estimate of drug-likeness (QED) is 0.588. The lowest BCUT2D eigenvalue weighted by Crippen LogP contribution is -2.17. The number of benzene rings is 2. The first kappa shape index (κ1) is 18.4. The molecule has 0 unspecified atom stereocenters. The van der Waals surface area contributed by atoms with E-state index >= 15 is 0 Å². The van der Waals surface area contributed by atoms with Crippen LogP contribution < -0.4 is 5.56 Å². The smallest absolute Gasteiger partial charge is 0.280 e. The normalized spacial score (nSPS) is 11.4. The van der Waals surface area contributed by atoms with E-state index < -0.39 is 0 Å². The van der Waals surface area contributed by atoms with Crippen molar-refractivity contribution in [1.29, 1.82) is 0 Å². The van der Waals surface area contributed by atoms with Gasteiger partial charge in [0.2, 0.25) is 0 Å². The Labute approximate surface area is 159 Å². The molecule has 0 saturated carbocycles. The summed E-state index contributed by atoms with van der Waals surface area (Å²) in [6.07, 6.45) is 3.06. The number of rotatable bonds is 5. The highest BCUT2D eigenvalue weighted by atomic mass is 35.5. The molecule has 0 bridgehead atoms. The molecular formula is C19H16Cl2FN3O. The first-order valence-electron chi connectivity index (χ1n) is 8.08. The topological polar surface area (TPSA) is 50.1 Å². The molecule has 134 valence electrons. The van der Waals surface area contributed by atoms with Crippen LogP contribution in [0.25, 0.3) is 5.69 Å². The van der Waals surface area contributed by atoms with E-state index in [1.807, 2.05) is 6.92 Å². The Morgan fingerprint density at radius 2 is 1.88 bits per heavy atom. The second-order valence-corrected chi connectivity index (χ2v) is 6.54. The molecule has 2 aromatic carbocycles. The van der Waals surface area contributed by atoms with Crippen LogP contribution in [-0.4, -0.2) is 16.0 Å². The fourth-order valence-corrected chi connectivity index (χ4v) is 2.84. The van der Waals surface area contributed by atoms with Gasteiger partial charge in [0.15, 0.2) is 0 Å². The molecule has 0 aliphatic heterocycles. The van der Waals surface area contributed by atoms with Crippen molar-refractivity contribution in [3.8, 4) is 5.69 Å². The molecule has 0 spiro atoms. The summed E-state index contributed by atoms with van der Waals surface area (Å²) in [6, 6.07) is 10.7. The van der Waals surface area contributed by atoms with Crippen LogP contribution in [-0.2, 0) is 6.42 Å². The fourth-order valence-electron chi connectivity index (χ4n) is 2.55. The summed E-state index contributed by atoms with van der Waals surface area (Å²) in [5.74, 6) is -0.358. The zero-order valence-electron chi connectivity index (χ0n) is 14.0. The molecule has 3 aromatic rings. The number of H-pyrrole nitrogens is 1. The molecule has 1 heterocycles. The number of aromatic nitrogens is 2. The third-order valence-electron chi connectivity index (χ3n) is 3.84. The van der Waals surface area contributed by atoms with Gasteiger partial charge in [0, 0.05) is 11.9 Å². The summed E-state index contributed by atoms with van der Waals surface area (Å²) >= 11 is 11.9. The third kappa shape index (κ3) is 3.89. The minimum absolute atomic E-state index is 0.246. The van der Waals surface area contributed by atoms with Gasteiger partial charge in [0.05, 0.1) is 27.0 Å². The lowest BCUT2D eigenvalue weighted by Gasteiger charge is -2.01. The molecule has 4 nitrogen and oxygen atoms in total. The molecule has 1 N–H and O–H groups in total. The summed E-state index contributed by atoms with van der Waals surface area (Å²) in [5, 5.41) is 3.93. The van der Waals surface area contributed by atoms with Gasteiger partial charge in [0.1, 0.15) is 5.82 Å². The predicted molar refractivity (Wildman–Crippen MR) is 104 cm³/mol. The van der Waals surface area contributed by atoms with Gasteiger partial charge in [0.25, 0.3) is 5.56 Å². The van der Waals surface area contributed by atoms with Gasteiger partial charge in [-0.25, -0.2) is 9.07 Å². The van der Waals surface area contributed by atoms with Crippen molar-refractivity contribution >= 4 is 35.1 Å². The van der Waals surface area contributed by atoms with Crippen molar-refractivity contribution in [3.63, 3.8) is 0 Å². The summed E-state index contributed by atoms with van der Waals surface area (Å²) < 4.78 is 14.5. The molecule has 0 saturated heterocycles. The number of aryl methyl sites for hydroxylation is 1. The van der Waals surface area contributed by atoms with E-state index in [9.17, 15) is 9.18 Å². The van der Waals surface area contributed by atoms with Gasteiger partial charge in [-0.05, 0) is 48.9 Å². The number of aliphatic imine (C=N–C) groups is 1. The van der Waals surface area contributed by atoms with E-state index in [4.69, 9.17) is 23.2 Å². The van der Waals surface area contributed by atoms with Crippen molar-refractivity contribution in [2.24, 2.45) is 4.99 Å². The molecule has 7 heteroatoms. The third-order valence-corrected chi connectivity index (χ3v) is 4.58. The number of halogens is 3. The molecule has 0 radical (unpaired) electrons. The standard InChI is InChI=1S/C19H16Cl2FN3O/c1-2-3-18-15(11-23-13-6-9-16(20)17(21)10-13)19(26)25(24-18)14-7-4-12(22)5-8-14/h4-11,24H,2-3H2,1H3. The lowest BCUT2D eigenvalue weighted by molar-refractivity contribution is 0.626. The monoisotopic (exact) mass is 391 g/mol. The van der Waals surface area contributed by atoms with Crippen molar-refractivity contribution in [3.05, 3.63) is 79.9 Å². The van der Waals surface area contributed by atoms with Crippen molar-refractivity contribution in [1.82, 2.24) is 9.78 Å². The highest BCUT2D eigenvalue weighted by Crippen LogP contribution is 2.26. The Balaban J connectivity index is 2.02. The number of hydrogen-bond donors (Lipinski definition) is 1. The van der Waals surface area contributed by atoms with Gasteiger partial charge in [-0.2, -0.15) is 0 Å². The Kier molecular flexibility index (Phi) is 5.59. The van der Waals surface area contributed by atoms with Crippen LogP contribution in [0.3, 0.4) is 0 Å². The molecule has 3 rings (SSSR count). The maximum absolute atomic E-state index is 13.1. The maximum atomic E-state index is 13.1. The SMILES string of the molecule is CCCc1[nH]n(-c2ccc(F)cc2)c(=O)c1C=Nc1ccc(Cl)c(Cl)c1. The highest BCUT2D eigenvalue weighted by molar-refractivity contribution is 6.42. The van der Waals surface area contributed by atoms with Gasteiger partial charge in [-0.1, -0.05) is 36.5 Å². The van der Waals surface area contributed by atoms with Crippen molar-refractivity contribution in [2.75, 3.05) is 0 Å². The number of aromatic amines is 1. The molecule has 0 atom stereocenters. The Morgan fingerprint density at radius 3 is 2.54 bits per heavy atom. The number of nitrogens with zero attached hydrogens (tertiary/aromatic N) is 2. The van der Waals surface area contributed by atoms with Crippen LogP contribution >= 0.6 is 23.2 Å². The Morgan fingerprint density at radius 1 is 1.15 bits per heavy atom. The maximum Gasteiger partial charge on any atom is 0.280 e. The zero-order valence-corrected chi connectivity index (χ0v) is 15.5. The van der Waals surface area contributed by atoms with Crippen LogP contribution in [0.2, 0.25) is 10.0 Å². The molecule has 0 aliphatic rings. The van der Waals surface area contributed by atoms with Crippen LogP contribution in [0.4, 0.5) is 10.1 Å². The minimum Gasteiger partial charge on any atom is -0.294 e. The van der Waals surface area contributed by atoms with E-state index in [2.05, 4.69) is 10.1 Å². The second kappa shape index (κ2) is 7.89. The largest absolute Gasteiger partial charge is 0.294 e.